The first-order valence-corrected chi connectivity index (χ1v) is 8.37. The number of ether oxygens (including phenoxy) is 2. The van der Waals surface area contributed by atoms with E-state index in [1.165, 1.54) is 12.1 Å². The summed E-state index contributed by atoms with van der Waals surface area (Å²) >= 11 is 5.94. The minimum atomic E-state index is -1.17. The highest BCUT2D eigenvalue weighted by atomic mass is 35.5. The Hall–Kier alpha value is -3.00. The van der Waals surface area contributed by atoms with Crippen molar-refractivity contribution in [1.29, 1.82) is 0 Å². The van der Waals surface area contributed by atoms with Gasteiger partial charge in [0.15, 0.2) is 0 Å². The zero-order chi connectivity index (χ0) is 20.0. The summed E-state index contributed by atoms with van der Waals surface area (Å²) in [5.41, 5.74) is 1.40. The van der Waals surface area contributed by atoms with Gasteiger partial charge in [0.25, 0.3) is 5.91 Å². The standard InChI is InChI=1S/C18H20ClN3O5/c1-10(12-6-13(26-2)8-14(7-12)27-3)21-17(23)15-4-11(5-16(19)22-15)9-20-18(24)25/h4-8,10,20H,9H2,1-3H3,(H,21,23)(H,24,25). The quantitative estimate of drug-likeness (QED) is 0.624. The van der Waals surface area contributed by atoms with E-state index in [-0.39, 0.29) is 23.4 Å². The Kier molecular flexibility index (Phi) is 6.84. The molecule has 144 valence electrons. The van der Waals surface area contributed by atoms with Crippen LogP contribution in [0.4, 0.5) is 4.79 Å². The number of aromatic nitrogens is 1. The molecule has 0 aliphatic carbocycles. The number of hydrogen-bond donors (Lipinski definition) is 3. The van der Waals surface area contributed by atoms with E-state index in [9.17, 15) is 9.59 Å². The zero-order valence-corrected chi connectivity index (χ0v) is 15.8. The van der Waals surface area contributed by atoms with Crippen LogP contribution < -0.4 is 20.1 Å². The highest BCUT2D eigenvalue weighted by Crippen LogP contribution is 2.26. The zero-order valence-electron chi connectivity index (χ0n) is 15.1. The van der Waals surface area contributed by atoms with Crippen molar-refractivity contribution >= 4 is 23.6 Å². The van der Waals surface area contributed by atoms with Crippen LogP contribution in [0.3, 0.4) is 0 Å². The second kappa shape index (κ2) is 9.09. The molecule has 2 rings (SSSR count). The molecule has 1 heterocycles. The Morgan fingerprint density at radius 2 is 1.78 bits per heavy atom. The number of amides is 2. The van der Waals surface area contributed by atoms with Gasteiger partial charge < -0.3 is 25.2 Å². The molecule has 9 heteroatoms. The van der Waals surface area contributed by atoms with Crippen molar-refractivity contribution in [2.24, 2.45) is 0 Å². The maximum absolute atomic E-state index is 12.5. The van der Waals surface area contributed by atoms with Crippen molar-refractivity contribution in [2.45, 2.75) is 19.5 Å². The summed E-state index contributed by atoms with van der Waals surface area (Å²) in [6.45, 7) is 1.82. The lowest BCUT2D eigenvalue weighted by Crippen LogP contribution is -2.28. The van der Waals surface area contributed by atoms with Crippen molar-refractivity contribution in [3.05, 3.63) is 52.3 Å². The molecule has 1 atom stereocenters. The van der Waals surface area contributed by atoms with E-state index in [0.29, 0.717) is 17.1 Å². The molecule has 0 radical (unpaired) electrons. The molecule has 2 amide bonds. The van der Waals surface area contributed by atoms with Crippen molar-refractivity contribution in [1.82, 2.24) is 15.6 Å². The SMILES string of the molecule is COc1cc(OC)cc(C(C)NC(=O)c2cc(CNC(=O)O)cc(Cl)n2)c1. The number of hydrogen-bond acceptors (Lipinski definition) is 5. The minimum absolute atomic E-state index is 0.0144. The lowest BCUT2D eigenvalue weighted by atomic mass is 10.1. The summed E-state index contributed by atoms with van der Waals surface area (Å²) in [6.07, 6.45) is -1.17. The van der Waals surface area contributed by atoms with Crippen LogP contribution in [0.2, 0.25) is 5.15 Å². The predicted octanol–water partition coefficient (Wildman–Crippen LogP) is 3.01. The van der Waals surface area contributed by atoms with E-state index in [0.717, 1.165) is 5.56 Å². The van der Waals surface area contributed by atoms with Crippen LogP contribution in [-0.4, -0.2) is 36.3 Å². The van der Waals surface area contributed by atoms with Gasteiger partial charge in [-0.25, -0.2) is 9.78 Å². The Morgan fingerprint density at radius 3 is 2.33 bits per heavy atom. The number of nitrogens with one attached hydrogen (secondary N) is 2. The first-order chi connectivity index (χ1) is 12.8. The number of pyridine rings is 1. The van der Waals surface area contributed by atoms with Crippen LogP contribution in [0.1, 0.15) is 34.6 Å². The number of halogens is 1. The van der Waals surface area contributed by atoms with Gasteiger partial charge in [0, 0.05) is 12.6 Å². The fourth-order valence-corrected chi connectivity index (χ4v) is 2.61. The van der Waals surface area contributed by atoms with E-state index >= 15 is 0 Å². The lowest BCUT2D eigenvalue weighted by Gasteiger charge is -2.16. The van der Waals surface area contributed by atoms with Crippen molar-refractivity contribution in [2.75, 3.05) is 14.2 Å². The molecule has 0 spiro atoms. The molecular weight excluding hydrogens is 374 g/mol. The number of carboxylic acid groups (broad SMARTS) is 1. The highest BCUT2D eigenvalue weighted by molar-refractivity contribution is 6.29. The number of methoxy groups -OCH3 is 2. The maximum Gasteiger partial charge on any atom is 0.404 e. The molecule has 0 aliphatic rings. The van der Waals surface area contributed by atoms with E-state index in [2.05, 4.69) is 15.6 Å². The highest BCUT2D eigenvalue weighted by Gasteiger charge is 2.16. The fraction of sp³-hybridized carbons (Fsp3) is 0.278. The van der Waals surface area contributed by atoms with E-state index < -0.39 is 12.0 Å². The monoisotopic (exact) mass is 393 g/mol. The van der Waals surface area contributed by atoms with Gasteiger partial charge in [-0.05, 0) is 42.3 Å². The number of nitrogens with zero attached hydrogens (tertiary/aromatic N) is 1. The number of benzene rings is 1. The van der Waals surface area contributed by atoms with Crippen LogP contribution in [0.25, 0.3) is 0 Å². The normalized spacial score (nSPS) is 11.4. The summed E-state index contributed by atoms with van der Waals surface area (Å²) in [4.78, 5) is 27.2. The van der Waals surface area contributed by atoms with Crippen molar-refractivity contribution in [3.8, 4) is 11.5 Å². The third-order valence-electron chi connectivity index (χ3n) is 3.75. The average molecular weight is 394 g/mol. The van der Waals surface area contributed by atoms with Gasteiger partial charge in [-0.1, -0.05) is 11.6 Å². The second-order valence-electron chi connectivity index (χ2n) is 5.68. The lowest BCUT2D eigenvalue weighted by molar-refractivity contribution is 0.0934. The van der Waals surface area contributed by atoms with Crippen LogP contribution in [0.15, 0.2) is 30.3 Å². The number of rotatable bonds is 7. The van der Waals surface area contributed by atoms with Gasteiger partial charge in [0.2, 0.25) is 0 Å². The van der Waals surface area contributed by atoms with E-state index in [1.807, 2.05) is 6.92 Å². The largest absolute Gasteiger partial charge is 0.497 e. The Labute approximate surface area is 161 Å². The van der Waals surface area contributed by atoms with Gasteiger partial charge in [-0.3, -0.25) is 4.79 Å². The molecule has 0 fully saturated rings. The van der Waals surface area contributed by atoms with Crippen LogP contribution >= 0.6 is 11.6 Å². The number of carbonyl (C=O) groups excluding carboxylic acids is 1. The van der Waals surface area contributed by atoms with Gasteiger partial charge in [-0.2, -0.15) is 0 Å². The Balaban J connectivity index is 2.18. The molecule has 0 bridgehead atoms. The smallest absolute Gasteiger partial charge is 0.404 e. The van der Waals surface area contributed by atoms with Crippen molar-refractivity contribution < 1.29 is 24.2 Å². The van der Waals surface area contributed by atoms with Gasteiger partial charge in [0.05, 0.1) is 20.3 Å². The first-order valence-electron chi connectivity index (χ1n) is 7.99. The summed E-state index contributed by atoms with van der Waals surface area (Å²) in [7, 11) is 3.09. The van der Waals surface area contributed by atoms with E-state index in [4.69, 9.17) is 26.2 Å². The minimum Gasteiger partial charge on any atom is -0.497 e. The summed E-state index contributed by atoms with van der Waals surface area (Å²) in [5, 5.41) is 13.8. The molecular formula is C18H20ClN3O5. The van der Waals surface area contributed by atoms with Crippen LogP contribution in [-0.2, 0) is 6.54 Å². The summed E-state index contributed by atoms with van der Waals surface area (Å²) in [6, 6.07) is 7.93. The number of carbonyl (C=O) groups is 2. The molecule has 27 heavy (non-hydrogen) atoms. The molecule has 3 N–H and O–H groups in total. The molecule has 2 aromatic rings. The summed E-state index contributed by atoms with van der Waals surface area (Å²) < 4.78 is 10.5. The molecule has 1 aromatic heterocycles. The molecule has 0 saturated heterocycles. The second-order valence-corrected chi connectivity index (χ2v) is 6.07. The van der Waals surface area contributed by atoms with Crippen LogP contribution in [0, 0.1) is 0 Å². The average Bonchev–Trinajstić information content (AvgIpc) is 2.65. The van der Waals surface area contributed by atoms with E-state index in [1.54, 1.807) is 32.4 Å². The molecule has 1 unspecified atom stereocenters. The predicted molar refractivity (Wildman–Crippen MR) is 99.5 cm³/mol. The molecule has 1 aromatic carbocycles. The summed E-state index contributed by atoms with van der Waals surface area (Å²) in [5.74, 6) is 0.769. The van der Waals surface area contributed by atoms with Gasteiger partial charge in [-0.15, -0.1) is 0 Å². The Bertz CT molecular complexity index is 821. The topological polar surface area (TPSA) is 110 Å². The maximum atomic E-state index is 12.5. The van der Waals surface area contributed by atoms with Gasteiger partial charge in [0.1, 0.15) is 22.3 Å². The third-order valence-corrected chi connectivity index (χ3v) is 3.95. The fourth-order valence-electron chi connectivity index (χ4n) is 2.38. The third kappa shape index (κ3) is 5.75. The first kappa shape index (κ1) is 20.3. The van der Waals surface area contributed by atoms with Crippen LogP contribution in [0.5, 0.6) is 11.5 Å². The molecule has 8 nitrogen and oxygen atoms in total. The Morgan fingerprint density at radius 1 is 1.15 bits per heavy atom. The van der Waals surface area contributed by atoms with Crippen molar-refractivity contribution in [3.63, 3.8) is 0 Å². The molecule has 0 saturated carbocycles. The molecule has 0 aliphatic heterocycles. The van der Waals surface area contributed by atoms with Gasteiger partial charge >= 0.3 is 6.09 Å².